The van der Waals surface area contributed by atoms with Gasteiger partial charge >= 0.3 is 23.9 Å². The summed E-state index contributed by atoms with van der Waals surface area (Å²) >= 11 is 0. The molecule has 0 saturated carbocycles. The SMILES string of the molecule is O=C(OCC1OC(OC(=O)c2ccc(O)cc2)C(O)(COC(=O)c2cc(O)c(O)c(O)c2)C1OC(=O)c1cc(O)c(O)c(O)c1)c1cc(O)c(O)c(O)c1. The first-order chi connectivity index (χ1) is 25.4. The summed E-state index contributed by atoms with van der Waals surface area (Å²) in [7, 11) is 0. The molecule has 0 radical (unpaired) electrons. The van der Waals surface area contributed by atoms with Crippen LogP contribution in [0.5, 0.6) is 57.5 Å². The molecule has 4 unspecified atom stereocenters. The van der Waals surface area contributed by atoms with Gasteiger partial charge in [-0.1, -0.05) is 0 Å². The smallest absolute Gasteiger partial charge is 0.340 e. The molecule has 284 valence electrons. The summed E-state index contributed by atoms with van der Waals surface area (Å²) in [6.07, 6.45) is -6.33. The fourth-order valence-electron chi connectivity index (χ4n) is 5.01. The van der Waals surface area contributed by atoms with E-state index in [4.69, 9.17) is 23.7 Å². The molecule has 1 fully saturated rings. The molecule has 1 saturated heterocycles. The molecule has 20 nitrogen and oxygen atoms in total. The molecule has 0 aromatic heterocycles. The van der Waals surface area contributed by atoms with Gasteiger partial charge in [-0.15, -0.1) is 0 Å². The fourth-order valence-corrected chi connectivity index (χ4v) is 5.01. The largest absolute Gasteiger partial charge is 0.508 e. The summed E-state index contributed by atoms with van der Waals surface area (Å²) in [5.74, 6) is -14.3. The third kappa shape index (κ3) is 7.63. The van der Waals surface area contributed by atoms with Gasteiger partial charge in [0.25, 0.3) is 0 Å². The number of phenols is 10. The first kappa shape index (κ1) is 37.9. The van der Waals surface area contributed by atoms with E-state index in [2.05, 4.69) is 0 Å². The molecule has 4 atom stereocenters. The van der Waals surface area contributed by atoms with Gasteiger partial charge in [-0.25, -0.2) is 19.2 Å². The number of benzene rings is 4. The molecule has 0 aliphatic carbocycles. The number of aromatic hydroxyl groups is 10. The number of hydrogen-bond acceptors (Lipinski definition) is 20. The molecule has 1 heterocycles. The van der Waals surface area contributed by atoms with Crippen LogP contribution in [0.4, 0.5) is 0 Å². The van der Waals surface area contributed by atoms with Crippen LogP contribution in [-0.2, 0) is 23.7 Å². The minimum atomic E-state index is -2.97. The minimum Gasteiger partial charge on any atom is -0.508 e. The Kier molecular flexibility index (Phi) is 10.3. The zero-order valence-electron chi connectivity index (χ0n) is 27.0. The van der Waals surface area contributed by atoms with Gasteiger partial charge in [0.1, 0.15) is 25.1 Å². The predicted molar refractivity (Wildman–Crippen MR) is 171 cm³/mol. The lowest BCUT2D eigenvalue weighted by atomic mass is 9.95. The first-order valence-electron chi connectivity index (χ1n) is 15.1. The molecule has 4 aromatic carbocycles. The summed E-state index contributed by atoms with van der Waals surface area (Å²) < 4.78 is 26.8. The topological polar surface area (TPSA) is 337 Å². The predicted octanol–water partition coefficient (Wildman–Crippen LogP) is 1.30. The Balaban J connectivity index is 1.52. The highest BCUT2D eigenvalue weighted by atomic mass is 16.7. The Morgan fingerprint density at radius 2 is 0.926 bits per heavy atom. The van der Waals surface area contributed by atoms with E-state index in [-0.39, 0.29) is 11.3 Å². The van der Waals surface area contributed by atoms with Crippen LogP contribution in [0.15, 0.2) is 60.7 Å². The lowest BCUT2D eigenvalue weighted by Gasteiger charge is -2.32. The van der Waals surface area contributed by atoms with Gasteiger partial charge in [0.2, 0.25) is 11.9 Å². The standard InChI is InChI=1S/C34H28O20/c35-17-3-1-13(2-4-17)31(47)54-33-34(49,12-51-30(46)15-7-20(38)26(43)21(39)8-15)28(53-32(48)16-9-22(40)27(44)23(41)10-16)24(52-33)11-50-29(45)14-5-18(36)25(42)19(37)6-14/h1-10,24,28,33,35-44,49H,11-12H2. The number of carbonyl (C=O) groups is 4. The molecule has 5 rings (SSSR count). The number of aliphatic hydroxyl groups is 1. The maximum Gasteiger partial charge on any atom is 0.340 e. The molecule has 1 aliphatic rings. The molecular formula is C34H28O20. The van der Waals surface area contributed by atoms with E-state index < -0.39 is 130 Å². The van der Waals surface area contributed by atoms with E-state index in [0.29, 0.717) is 36.4 Å². The van der Waals surface area contributed by atoms with Crippen LogP contribution in [-0.4, -0.2) is 117 Å². The number of ether oxygens (including phenoxy) is 5. The minimum absolute atomic E-state index is 0.226. The summed E-state index contributed by atoms with van der Waals surface area (Å²) in [6, 6.07) is 8.52. The number of carbonyl (C=O) groups excluding carboxylic acids is 4. The maximum atomic E-state index is 13.4. The van der Waals surface area contributed by atoms with Crippen LogP contribution >= 0.6 is 0 Å². The number of esters is 4. The van der Waals surface area contributed by atoms with Crippen molar-refractivity contribution < 1.29 is 99.0 Å². The third-order valence-electron chi connectivity index (χ3n) is 7.82. The average Bonchev–Trinajstić information content (AvgIpc) is 3.38. The summed E-state index contributed by atoms with van der Waals surface area (Å²) in [5.41, 5.74) is -4.95. The van der Waals surface area contributed by atoms with Crippen molar-refractivity contribution in [1.29, 1.82) is 0 Å². The highest BCUT2D eigenvalue weighted by molar-refractivity contribution is 5.93. The second-order valence-electron chi connectivity index (χ2n) is 11.5. The van der Waals surface area contributed by atoms with Crippen molar-refractivity contribution >= 4 is 23.9 Å². The second kappa shape index (κ2) is 14.7. The number of phenolic OH excluding ortho intramolecular Hbond substituents is 10. The van der Waals surface area contributed by atoms with Gasteiger partial charge in [0, 0.05) is 0 Å². The zero-order chi connectivity index (χ0) is 39.6. The number of hydrogen-bond donors (Lipinski definition) is 11. The normalized spacial score (nSPS) is 19.1. The van der Waals surface area contributed by atoms with E-state index in [0.717, 1.165) is 24.3 Å². The van der Waals surface area contributed by atoms with E-state index in [1.165, 1.54) is 0 Å². The van der Waals surface area contributed by atoms with Crippen molar-refractivity contribution in [2.45, 2.75) is 24.1 Å². The summed E-state index contributed by atoms with van der Waals surface area (Å²) in [6.45, 7) is -2.32. The van der Waals surface area contributed by atoms with Gasteiger partial charge in [-0.3, -0.25) is 0 Å². The first-order valence-corrected chi connectivity index (χ1v) is 15.1. The third-order valence-corrected chi connectivity index (χ3v) is 7.82. The van der Waals surface area contributed by atoms with Crippen molar-refractivity contribution in [3.05, 3.63) is 82.9 Å². The highest BCUT2D eigenvalue weighted by Crippen LogP contribution is 2.40. The van der Waals surface area contributed by atoms with Crippen molar-refractivity contribution in [3.8, 4) is 57.5 Å². The molecular weight excluding hydrogens is 728 g/mol. The Morgan fingerprint density at radius 1 is 0.537 bits per heavy atom. The van der Waals surface area contributed by atoms with Crippen LogP contribution in [0.25, 0.3) is 0 Å². The summed E-state index contributed by atoms with van der Waals surface area (Å²) in [5, 5.41) is 110. The highest BCUT2D eigenvalue weighted by Gasteiger charge is 2.62. The Labute approximate surface area is 300 Å². The van der Waals surface area contributed by atoms with Gasteiger partial charge in [0.05, 0.1) is 22.3 Å². The lowest BCUT2D eigenvalue weighted by molar-refractivity contribution is -0.193. The van der Waals surface area contributed by atoms with Crippen LogP contribution < -0.4 is 0 Å². The molecule has 4 aromatic rings. The second-order valence-corrected chi connectivity index (χ2v) is 11.5. The van der Waals surface area contributed by atoms with E-state index >= 15 is 0 Å². The number of rotatable bonds is 10. The van der Waals surface area contributed by atoms with E-state index in [1.807, 2.05) is 0 Å². The van der Waals surface area contributed by atoms with Crippen LogP contribution in [0, 0.1) is 0 Å². The fraction of sp³-hybridized carbons (Fsp3) is 0.176. The average molecular weight is 757 g/mol. The molecule has 0 amide bonds. The zero-order valence-corrected chi connectivity index (χ0v) is 27.0. The van der Waals surface area contributed by atoms with Crippen molar-refractivity contribution in [3.63, 3.8) is 0 Å². The summed E-state index contributed by atoms with van der Waals surface area (Å²) in [4.78, 5) is 52.4. The molecule has 0 spiro atoms. The molecule has 1 aliphatic heterocycles. The Hall–Kier alpha value is -7.32. The van der Waals surface area contributed by atoms with E-state index in [9.17, 15) is 75.3 Å². The van der Waals surface area contributed by atoms with Crippen molar-refractivity contribution in [2.24, 2.45) is 0 Å². The monoisotopic (exact) mass is 756 g/mol. The van der Waals surface area contributed by atoms with Crippen LogP contribution in [0.3, 0.4) is 0 Å². The molecule has 20 heteroatoms. The van der Waals surface area contributed by atoms with Crippen LogP contribution in [0.2, 0.25) is 0 Å². The molecule has 11 N–H and O–H groups in total. The Bertz CT molecular complexity index is 2060. The molecule has 54 heavy (non-hydrogen) atoms. The lowest BCUT2D eigenvalue weighted by Crippen LogP contribution is -2.55. The maximum absolute atomic E-state index is 13.4. The molecule has 0 bridgehead atoms. The van der Waals surface area contributed by atoms with Gasteiger partial charge < -0.3 is 79.9 Å². The van der Waals surface area contributed by atoms with Gasteiger partial charge in [-0.05, 0) is 60.7 Å². The van der Waals surface area contributed by atoms with Crippen LogP contribution in [0.1, 0.15) is 41.4 Å². The van der Waals surface area contributed by atoms with Gasteiger partial charge in [0.15, 0.2) is 57.8 Å². The quantitative estimate of drug-likeness (QED) is 0.0617. The van der Waals surface area contributed by atoms with Gasteiger partial charge in [-0.2, -0.15) is 0 Å². The van der Waals surface area contributed by atoms with E-state index in [1.54, 1.807) is 0 Å². The van der Waals surface area contributed by atoms with Crippen molar-refractivity contribution in [1.82, 2.24) is 0 Å². The Morgan fingerprint density at radius 3 is 1.37 bits per heavy atom. The van der Waals surface area contributed by atoms with Crippen molar-refractivity contribution in [2.75, 3.05) is 13.2 Å².